The van der Waals surface area contributed by atoms with E-state index in [0.29, 0.717) is 24.2 Å². The molecular formula is C15H16N2O3. The van der Waals surface area contributed by atoms with Crippen molar-refractivity contribution in [3.63, 3.8) is 0 Å². The number of carbonyl (C=O) groups is 2. The lowest BCUT2D eigenvalue weighted by molar-refractivity contribution is -0.144. The number of nitrogens with zero attached hydrogens (tertiary/aromatic N) is 2. The van der Waals surface area contributed by atoms with Crippen LogP contribution in [0.3, 0.4) is 0 Å². The number of carbonyl (C=O) groups excluding carboxylic acids is 2. The van der Waals surface area contributed by atoms with Crippen LogP contribution in [0, 0.1) is 11.3 Å². The van der Waals surface area contributed by atoms with Crippen LogP contribution in [-0.4, -0.2) is 29.9 Å². The van der Waals surface area contributed by atoms with Gasteiger partial charge in [-0.25, -0.2) is 0 Å². The predicted octanol–water partition coefficient (Wildman–Crippen LogP) is 1.87. The molecule has 1 heterocycles. The highest BCUT2D eigenvalue weighted by atomic mass is 16.5. The molecule has 1 aromatic rings. The van der Waals surface area contributed by atoms with Gasteiger partial charge in [-0.15, -0.1) is 0 Å². The third-order valence-electron chi connectivity index (χ3n) is 3.21. The first-order valence-corrected chi connectivity index (χ1v) is 6.67. The van der Waals surface area contributed by atoms with E-state index in [4.69, 9.17) is 10.00 Å². The Balaban J connectivity index is 1.93. The van der Waals surface area contributed by atoms with Gasteiger partial charge >= 0.3 is 0 Å². The lowest BCUT2D eigenvalue weighted by Crippen LogP contribution is -2.38. The molecule has 0 unspecified atom stereocenters. The number of amides is 2. The molecule has 5 nitrogen and oxygen atoms in total. The number of ether oxygens (including phenoxy) is 1. The van der Waals surface area contributed by atoms with Gasteiger partial charge in [-0.1, -0.05) is 12.1 Å². The second-order valence-corrected chi connectivity index (χ2v) is 4.60. The summed E-state index contributed by atoms with van der Waals surface area (Å²) in [5, 5.41) is 8.94. The van der Waals surface area contributed by atoms with Crippen LogP contribution in [-0.2, 0) is 9.59 Å². The lowest BCUT2D eigenvalue weighted by atomic mass is 10.2. The van der Waals surface area contributed by atoms with E-state index in [2.05, 4.69) is 0 Å². The minimum absolute atomic E-state index is 0.135. The average molecular weight is 272 g/mol. The average Bonchev–Trinajstić information content (AvgIpc) is 2.62. The molecule has 0 N–H and O–H groups in total. The Morgan fingerprint density at radius 2 is 1.80 bits per heavy atom. The van der Waals surface area contributed by atoms with Crippen LogP contribution < -0.4 is 4.74 Å². The summed E-state index contributed by atoms with van der Waals surface area (Å²) in [6.07, 6.45) is 2.36. The van der Waals surface area contributed by atoms with E-state index in [1.807, 2.05) is 6.07 Å². The summed E-state index contributed by atoms with van der Waals surface area (Å²) in [5.74, 6) is 0.207. The molecular weight excluding hydrogens is 256 g/mol. The predicted molar refractivity (Wildman–Crippen MR) is 71.8 cm³/mol. The SMILES string of the molecule is N#Cc1ccccc1OCCN1C(=O)CCCCC1=O. The van der Waals surface area contributed by atoms with Gasteiger partial charge in [0.05, 0.1) is 12.1 Å². The zero-order valence-electron chi connectivity index (χ0n) is 11.2. The van der Waals surface area contributed by atoms with Gasteiger partial charge < -0.3 is 4.74 Å². The number of likely N-dealkylation sites (tertiary alicyclic amines) is 1. The Labute approximate surface area is 117 Å². The molecule has 0 bridgehead atoms. The fraction of sp³-hybridized carbons (Fsp3) is 0.400. The molecule has 1 aliphatic heterocycles. The van der Waals surface area contributed by atoms with E-state index in [9.17, 15) is 9.59 Å². The molecule has 1 saturated heterocycles. The highest BCUT2D eigenvalue weighted by molar-refractivity contribution is 5.96. The zero-order valence-corrected chi connectivity index (χ0v) is 11.2. The van der Waals surface area contributed by atoms with E-state index < -0.39 is 0 Å². The smallest absolute Gasteiger partial charge is 0.229 e. The maximum Gasteiger partial charge on any atom is 0.229 e. The number of benzene rings is 1. The molecule has 0 atom stereocenters. The highest BCUT2D eigenvalue weighted by Crippen LogP contribution is 2.17. The zero-order chi connectivity index (χ0) is 14.4. The molecule has 5 heteroatoms. The van der Waals surface area contributed by atoms with E-state index >= 15 is 0 Å². The minimum Gasteiger partial charge on any atom is -0.490 e. The summed E-state index contributed by atoms with van der Waals surface area (Å²) in [6.45, 7) is 0.438. The normalized spacial score (nSPS) is 15.7. The van der Waals surface area contributed by atoms with Gasteiger partial charge in [0.1, 0.15) is 18.4 Å². The van der Waals surface area contributed by atoms with Gasteiger partial charge in [0.25, 0.3) is 0 Å². The van der Waals surface area contributed by atoms with Crippen LogP contribution in [0.4, 0.5) is 0 Å². The summed E-state index contributed by atoms with van der Waals surface area (Å²) in [7, 11) is 0. The van der Waals surface area contributed by atoms with Crippen LogP contribution in [0.25, 0.3) is 0 Å². The van der Waals surface area contributed by atoms with Gasteiger partial charge in [-0.2, -0.15) is 5.26 Å². The molecule has 0 radical (unpaired) electrons. The summed E-state index contributed by atoms with van der Waals surface area (Å²) in [4.78, 5) is 24.8. The lowest BCUT2D eigenvalue weighted by Gasteiger charge is -2.18. The number of hydrogen-bond acceptors (Lipinski definition) is 4. The number of hydrogen-bond donors (Lipinski definition) is 0. The van der Waals surface area contributed by atoms with Crippen molar-refractivity contribution >= 4 is 11.8 Å². The molecule has 0 spiro atoms. The number of nitriles is 1. The largest absolute Gasteiger partial charge is 0.490 e. The highest BCUT2D eigenvalue weighted by Gasteiger charge is 2.23. The van der Waals surface area contributed by atoms with E-state index in [1.165, 1.54) is 4.90 Å². The van der Waals surface area contributed by atoms with Crippen molar-refractivity contribution < 1.29 is 14.3 Å². The standard InChI is InChI=1S/C15H16N2O3/c16-11-12-5-1-2-6-13(12)20-10-9-17-14(18)7-3-4-8-15(17)19/h1-2,5-6H,3-4,7-10H2. The van der Waals surface area contributed by atoms with Crippen molar-refractivity contribution in [3.05, 3.63) is 29.8 Å². The number of para-hydroxylation sites is 1. The van der Waals surface area contributed by atoms with Crippen molar-refractivity contribution in [2.45, 2.75) is 25.7 Å². The van der Waals surface area contributed by atoms with Crippen molar-refractivity contribution in [2.75, 3.05) is 13.2 Å². The topological polar surface area (TPSA) is 70.4 Å². The van der Waals surface area contributed by atoms with E-state index in [1.54, 1.807) is 24.3 Å². The molecule has 0 aromatic heterocycles. The fourth-order valence-corrected chi connectivity index (χ4v) is 2.14. The first kappa shape index (κ1) is 14.1. The molecule has 0 saturated carbocycles. The van der Waals surface area contributed by atoms with Crippen molar-refractivity contribution in [2.24, 2.45) is 0 Å². The van der Waals surface area contributed by atoms with E-state index in [-0.39, 0.29) is 25.0 Å². The number of imide groups is 1. The molecule has 1 aromatic carbocycles. The summed E-state index contributed by atoms with van der Waals surface area (Å²) in [6, 6.07) is 8.94. The first-order chi connectivity index (χ1) is 9.72. The molecule has 104 valence electrons. The van der Waals surface area contributed by atoms with E-state index in [0.717, 1.165) is 12.8 Å². The summed E-state index contributed by atoms with van der Waals surface area (Å²) >= 11 is 0. The van der Waals surface area contributed by atoms with Gasteiger partial charge in [-0.05, 0) is 25.0 Å². The molecule has 0 aliphatic carbocycles. The van der Waals surface area contributed by atoms with Gasteiger partial charge in [0.2, 0.25) is 11.8 Å². The molecule has 20 heavy (non-hydrogen) atoms. The van der Waals surface area contributed by atoms with Gasteiger partial charge in [0.15, 0.2) is 0 Å². The molecule has 1 aliphatic rings. The van der Waals surface area contributed by atoms with Crippen LogP contribution in [0.1, 0.15) is 31.2 Å². The molecule has 2 rings (SSSR count). The Morgan fingerprint density at radius 1 is 1.15 bits per heavy atom. The third-order valence-corrected chi connectivity index (χ3v) is 3.21. The van der Waals surface area contributed by atoms with Crippen molar-refractivity contribution in [3.8, 4) is 11.8 Å². The Kier molecular flexibility index (Phi) is 4.72. The van der Waals surface area contributed by atoms with Crippen LogP contribution in [0.5, 0.6) is 5.75 Å². The molecule has 2 amide bonds. The van der Waals surface area contributed by atoms with Crippen LogP contribution in [0.2, 0.25) is 0 Å². The second-order valence-electron chi connectivity index (χ2n) is 4.60. The Hall–Kier alpha value is -2.35. The van der Waals surface area contributed by atoms with Crippen molar-refractivity contribution in [1.82, 2.24) is 4.90 Å². The maximum atomic E-state index is 11.8. The Bertz CT molecular complexity index is 530. The van der Waals surface area contributed by atoms with Crippen LogP contribution in [0.15, 0.2) is 24.3 Å². The van der Waals surface area contributed by atoms with Gasteiger partial charge in [-0.3, -0.25) is 14.5 Å². The van der Waals surface area contributed by atoms with Crippen LogP contribution >= 0.6 is 0 Å². The Morgan fingerprint density at radius 3 is 2.45 bits per heavy atom. The maximum absolute atomic E-state index is 11.8. The quantitative estimate of drug-likeness (QED) is 0.784. The minimum atomic E-state index is -0.135. The molecule has 1 fully saturated rings. The van der Waals surface area contributed by atoms with Crippen molar-refractivity contribution in [1.29, 1.82) is 5.26 Å². The first-order valence-electron chi connectivity index (χ1n) is 6.67. The monoisotopic (exact) mass is 272 g/mol. The summed E-state index contributed by atoms with van der Waals surface area (Å²) in [5.41, 5.74) is 0.445. The summed E-state index contributed by atoms with van der Waals surface area (Å²) < 4.78 is 5.50. The fourth-order valence-electron chi connectivity index (χ4n) is 2.14. The number of rotatable bonds is 4. The van der Waals surface area contributed by atoms with Gasteiger partial charge in [0, 0.05) is 12.8 Å². The second kappa shape index (κ2) is 6.71. The third kappa shape index (κ3) is 3.35.